The van der Waals surface area contributed by atoms with Crippen LogP contribution >= 0.6 is 11.8 Å². The summed E-state index contributed by atoms with van der Waals surface area (Å²) in [5.74, 6) is -4.14. The molecule has 1 aromatic carbocycles. The molecule has 0 radical (unpaired) electrons. The quantitative estimate of drug-likeness (QED) is 0.195. The maximum atomic E-state index is 13.7. The molecule has 1 saturated heterocycles. The zero-order valence-corrected chi connectivity index (χ0v) is 26.1. The van der Waals surface area contributed by atoms with E-state index in [2.05, 4.69) is 5.32 Å². The van der Waals surface area contributed by atoms with Crippen LogP contribution in [0, 0.1) is 23.7 Å². The van der Waals surface area contributed by atoms with Crippen molar-refractivity contribution in [3.63, 3.8) is 0 Å². The van der Waals surface area contributed by atoms with Gasteiger partial charge in [0.05, 0.1) is 25.0 Å². The molecule has 1 N–H and O–H groups in total. The predicted octanol–water partition coefficient (Wildman–Crippen LogP) is 3.90. The van der Waals surface area contributed by atoms with Gasteiger partial charge in [-0.15, -0.1) is 5.06 Å². The van der Waals surface area contributed by atoms with Crippen molar-refractivity contribution in [1.82, 2.24) is 10.4 Å². The largest absolute Gasteiger partial charge is 0.465 e. The molecule has 1 heterocycles. The van der Waals surface area contributed by atoms with Gasteiger partial charge in [0.2, 0.25) is 5.91 Å². The van der Waals surface area contributed by atoms with Crippen molar-refractivity contribution in [3.8, 4) is 0 Å². The van der Waals surface area contributed by atoms with Crippen LogP contribution in [0.15, 0.2) is 30.3 Å². The molecule has 3 amide bonds. The molecule has 0 aliphatic carbocycles. The number of Topliss-reactive ketones (excluding diaryl/α,β-unsaturated/α-hetero) is 1. The van der Waals surface area contributed by atoms with Crippen LogP contribution in [0.25, 0.3) is 0 Å². The average Bonchev–Trinajstić information content (AvgIpc) is 3.25. The molecular formula is C31H44N2O8S. The zero-order chi connectivity index (χ0) is 31.2. The fraction of sp³-hybridized carbons (Fsp3) is 0.613. The highest BCUT2D eigenvalue weighted by Gasteiger charge is 2.37. The molecule has 11 heteroatoms. The molecule has 232 valence electrons. The summed E-state index contributed by atoms with van der Waals surface area (Å²) in [6.45, 7) is 7.95. The van der Waals surface area contributed by atoms with Crippen LogP contribution in [-0.4, -0.2) is 65.2 Å². The standard InChI is InChI=1S/C31H44N2O8S/c1-20(2)15-25(32-30(38)23(13-14-42-5)18-29(37)40-19-21(3)4)26(34)17-24(16-22-9-7-6-8-10-22)31(39)41-33-27(35)11-12-28(33)36/h6-10,20-21,23-25H,11-19H2,1-5H3,(H,32,38)/t23-,24-,25+/m1/s1. The number of esters is 1. The molecule has 3 atom stereocenters. The number of hydroxylamine groups is 2. The van der Waals surface area contributed by atoms with Crippen molar-refractivity contribution in [2.75, 3.05) is 18.6 Å². The summed E-state index contributed by atoms with van der Waals surface area (Å²) >= 11 is 1.55. The Hall–Kier alpha value is -3.21. The number of hydrogen-bond acceptors (Lipinski definition) is 9. The van der Waals surface area contributed by atoms with E-state index in [1.807, 2.05) is 40.0 Å². The highest BCUT2D eigenvalue weighted by molar-refractivity contribution is 7.98. The van der Waals surface area contributed by atoms with Crippen molar-refractivity contribution in [3.05, 3.63) is 35.9 Å². The maximum absolute atomic E-state index is 13.7. The highest BCUT2D eigenvalue weighted by Crippen LogP contribution is 2.22. The number of imide groups is 1. The number of carbonyl (C=O) groups excluding carboxylic acids is 6. The number of benzene rings is 1. The second kappa shape index (κ2) is 17.7. The number of ether oxygens (including phenoxy) is 1. The third-order valence-electron chi connectivity index (χ3n) is 6.74. The molecule has 0 unspecified atom stereocenters. The van der Waals surface area contributed by atoms with Crippen LogP contribution in [0.3, 0.4) is 0 Å². The van der Waals surface area contributed by atoms with Crippen molar-refractivity contribution in [1.29, 1.82) is 0 Å². The van der Waals surface area contributed by atoms with Crippen molar-refractivity contribution in [2.45, 2.75) is 78.7 Å². The van der Waals surface area contributed by atoms with E-state index in [0.717, 1.165) is 5.56 Å². The third-order valence-corrected chi connectivity index (χ3v) is 7.38. The van der Waals surface area contributed by atoms with E-state index in [1.165, 1.54) is 0 Å². The third kappa shape index (κ3) is 12.0. The van der Waals surface area contributed by atoms with Crippen LogP contribution in [0.4, 0.5) is 0 Å². The summed E-state index contributed by atoms with van der Waals surface area (Å²) in [4.78, 5) is 81.9. The number of hydrogen-bond donors (Lipinski definition) is 1. The summed E-state index contributed by atoms with van der Waals surface area (Å²) < 4.78 is 5.29. The SMILES string of the molecule is CSCC[C@H](CC(=O)OCC(C)C)C(=O)N[C@@H](CC(C)C)C(=O)C[C@@H](Cc1ccccc1)C(=O)ON1C(=O)CCC1=O. The van der Waals surface area contributed by atoms with Crippen molar-refractivity contribution >= 4 is 47.2 Å². The summed E-state index contributed by atoms with van der Waals surface area (Å²) in [5, 5.41) is 3.33. The molecular weight excluding hydrogens is 560 g/mol. The second-order valence-corrected chi connectivity index (χ2v) is 12.5. The lowest BCUT2D eigenvalue weighted by Crippen LogP contribution is -2.46. The molecule has 0 spiro atoms. The Labute approximate surface area is 252 Å². The number of nitrogens with zero attached hydrogens (tertiary/aromatic N) is 1. The lowest BCUT2D eigenvalue weighted by atomic mass is 9.89. The minimum atomic E-state index is -0.994. The van der Waals surface area contributed by atoms with E-state index in [1.54, 1.807) is 36.0 Å². The smallest absolute Gasteiger partial charge is 0.337 e. The monoisotopic (exact) mass is 604 g/mol. The highest BCUT2D eigenvalue weighted by atomic mass is 32.2. The van der Waals surface area contributed by atoms with E-state index in [4.69, 9.17) is 9.57 Å². The number of ketones is 1. The number of nitrogens with one attached hydrogen (secondary N) is 1. The second-order valence-electron chi connectivity index (χ2n) is 11.5. The lowest BCUT2D eigenvalue weighted by molar-refractivity contribution is -0.200. The number of thioether (sulfide) groups is 1. The summed E-state index contributed by atoms with van der Waals surface area (Å²) in [5.41, 5.74) is 0.771. The Balaban J connectivity index is 2.21. The molecule has 42 heavy (non-hydrogen) atoms. The molecule has 0 saturated carbocycles. The molecule has 1 aliphatic heterocycles. The Morgan fingerprint density at radius 2 is 1.57 bits per heavy atom. The summed E-state index contributed by atoms with van der Waals surface area (Å²) in [7, 11) is 0. The van der Waals surface area contributed by atoms with Gasteiger partial charge < -0.3 is 14.9 Å². The Bertz CT molecular complexity index is 1080. The lowest BCUT2D eigenvalue weighted by Gasteiger charge is -2.25. The molecule has 0 aromatic heterocycles. The molecule has 2 rings (SSSR count). The maximum Gasteiger partial charge on any atom is 0.337 e. The summed E-state index contributed by atoms with van der Waals surface area (Å²) in [6, 6.07) is 8.13. The van der Waals surface area contributed by atoms with E-state index >= 15 is 0 Å². The normalized spacial score (nSPS) is 15.5. The Morgan fingerprint density at radius 3 is 2.14 bits per heavy atom. The van der Waals surface area contributed by atoms with E-state index in [9.17, 15) is 28.8 Å². The minimum Gasteiger partial charge on any atom is -0.465 e. The van der Waals surface area contributed by atoms with Crippen LogP contribution in [0.5, 0.6) is 0 Å². The van der Waals surface area contributed by atoms with Gasteiger partial charge in [-0.1, -0.05) is 58.0 Å². The number of amides is 3. The first-order valence-corrected chi connectivity index (χ1v) is 15.9. The minimum absolute atomic E-state index is 0.0410. The van der Waals surface area contributed by atoms with E-state index in [-0.39, 0.29) is 56.3 Å². The fourth-order valence-corrected chi connectivity index (χ4v) is 5.00. The van der Waals surface area contributed by atoms with Gasteiger partial charge in [-0.2, -0.15) is 11.8 Å². The van der Waals surface area contributed by atoms with Crippen molar-refractivity contribution < 1.29 is 38.3 Å². The van der Waals surface area contributed by atoms with Gasteiger partial charge in [0, 0.05) is 25.2 Å². The summed E-state index contributed by atoms with van der Waals surface area (Å²) in [6.07, 6.45) is 2.37. The Kier molecular flexibility index (Phi) is 14.7. The van der Waals surface area contributed by atoms with Crippen LogP contribution in [-0.2, 0) is 44.8 Å². The molecule has 1 aromatic rings. The van der Waals surface area contributed by atoms with Gasteiger partial charge in [-0.3, -0.25) is 24.0 Å². The van der Waals surface area contributed by atoms with Gasteiger partial charge >= 0.3 is 11.9 Å². The van der Waals surface area contributed by atoms with Gasteiger partial charge in [0.1, 0.15) is 0 Å². The van der Waals surface area contributed by atoms with Crippen LogP contribution in [0.1, 0.15) is 71.8 Å². The first kappa shape index (κ1) is 35.0. The number of rotatable bonds is 18. The average molecular weight is 605 g/mol. The Morgan fingerprint density at radius 1 is 0.929 bits per heavy atom. The number of carbonyl (C=O) groups is 6. The topological polar surface area (TPSA) is 136 Å². The van der Waals surface area contributed by atoms with Gasteiger partial charge in [-0.05, 0) is 48.7 Å². The molecule has 10 nitrogen and oxygen atoms in total. The molecule has 0 bridgehead atoms. The van der Waals surface area contributed by atoms with Crippen molar-refractivity contribution in [2.24, 2.45) is 23.7 Å². The predicted molar refractivity (Wildman–Crippen MR) is 159 cm³/mol. The van der Waals surface area contributed by atoms with Gasteiger partial charge in [0.25, 0.3) is 11.8 Å². The van der Waals surface area contributed by atoms with Gasteiger partial charge in [0.15, 0.2) is 5.78 Å². The van der Waals surface area contributed by atoms with Crippen LogP contribution < -0.4 is 5.32 Å². The molecule has 1 fully saturated rings. The van der Waals surface area contributed by atoms with E-state index in [0.29, 0.717) is 23.7 Å². The van der Waals surface area contributed by atoms with Crippen LogP contribution in [0.2, 0.25) is 0 Å². The first-order valence-electron chi connectivity index (χ1n) is 14.5. The van der Waals surface area contributed by atoms with E-state index < -0.39 is 47.5 Å². The fourth-order valence-electron chi connectivity index (χ4n) is 4.48. The first-order chi connectivity index (χ1) is 19.9. The molecule has 1 aliphatic rings. The van der Waals surface area contributed by atoms with Gasteiger partial charge in [-0.25, -0.2) is 4.79 Å². The zero-order valence-electron chi connectivity index (χ0n) is 25.3.